The fourth-order valence-electron chi connectivity index (χ4n) is 3.99. The summed E-state index contributed by atoms with van der Waals surface area (Å²) in [5.41, 5.74) is 1.29. The van der Waals surface area contributed by atoms with Crippen molar-refractivity contribution in [1.82, 2.24) is 15.5 Å². The van der Waals surface area contributed by atoms with Crippen LogP contribution in [0.15, 0.2) is 35.3 Å². The molecule has 0 radical (unpaired) electrons. The molecule has 2 saturated heterocycles. The van der Waals surface area contributed by atoms with Crippen LogP contribution in [0, 0.1) is 0 Å². The quantitative estimate of drug-likeness (QED) is 0.255. The van der Waals surface area contributed by atoms with E-state index in [0.29, 0.717) is 18.4 Å². The monoisotopic (exact) mass is 513 g/mol. The highest BCUT2D eigenvalue weighted by Gasteiger charge is 2.23. The summed E-state index contributed by atoms with van der Waals surface area (Å²) in [4.78, 5) is 21.3. The third kappa shape index (κ3) is 7.68. The molecule has 0 aromatic heterocycles. The van der Waals surface area contributed by atoms with Crippen LogP contribution in [0.1, 0.15) is 45.4 Å². The fourth-order valence-corrected chi connectivity index (χ4v) is 3.99. The Morgan fingerprint density at radius 3 is 2.79 bits per heavy atom. The Morgan fingerprint density at radius 2 is 2.00 bits per heavy atom. The first-order valence-electron chi connectivity index (χ1n) is 10.9. The summed E-state index contributed by atoms with van der Waals surface area (Å²) in [7, 11) is 0. The van der Waals surface area contributed by atoms with Gasteiger partial charge in [-0.3, -0.25) is 9.79 Å². The summed E-state index contributed by atoms with van der Waals surface area (Å²) in [6.45, 7) is 7.50. The van der Waals surface area contributed by atoms with Gasteiger partial charge in [-0.05, 0) is 44.7 Å². The molecule has 1 unspecified atom stereocenters. The van der Waals surface area contributed by atoms with Gasteiger partial charge in [0.15, 0.2) is 5.96 Å². The maximum Gasteiger partial charge on any atom is 0.222 e. The predicted octanol–water partition coefficient (Wildman–Crippen LogP) is 3.23. The summed E-state index contributed by atoms with van der Waals surface area (Å²) >= 11 is 0. The first kappa shape index (κ1) is 23.8. The molecule has 29 heavy (non-hydrogen) atoms. The van der Waals surface area contributed by atoms with Crippen molar-refractivity contribution in [3.05, 3.63) is 30.3 Å². The predicted molar refractivity (Wildman–Crippen MR) is 131 cm³/mol. The molecule has 1 aromatic rings. The lowest BCUT2D eigenvalue weighted by molar-refractivity contribution is -0.130. The van der Waals surface area contributed by atoms with Crippen molar-refractivity contribution in [2.24, 2.45) is 4.99 Å². The Kier molecular flexibility index (Phi) is 10.6. The topological polar surface area (TPSA) is 60.0 Å². The summed E-state index contributed by atoms with van der Waals surface area (Å²) in [6.07, 6.45) is 6.11. The summed E-state index contributed by atoms with van der Waals surface area (Å²) < 4.78 is 0. The number of carbonyl (C=O) groups is 1. The lowest BCUT2D eigenvalue weighted by Gasteiger charge is -2.21. The number of benzene rings is 1. The molecule has 3 rings (SSSR count). The van der Waals surface area contributed by atoms with E-state index in [4.69, 9.17) is 4.99 Å². The maximum absolute atomic E-state index is 12.1. The second-order valence-electron chi connectivity index (χ2n) is 7.72. The number of para-hydroxylation sites is 1. The fraction of sp³-hybridized carbons (Fsp3) is 0.636. The molecular weight excluding hydrogens is 477 g/mol. The minimum Gasteiger partial charge on any atom is -0.369 e. The highest BCUT2D eigenvalue weighted by molar-refractivity contribution is 14.0. The molecule has 1 aromatic carbocycles. The van der Waals surface area contributed by atoms with E-state index in [-0.39, 0.29) is 24.0 Å². The van der Waals surface area contributed by atoms with Crippen molar-refractivity contribution in [2.75, 3.05) is 44.2 Å². The standard InChI is InChI=1S/C22H35N5O.HI/c1-2-23-22(24-14-9-16-26-15-8-4-7-12-21(26)28)25-19-13-17-27(18-19)20-10-5-3-6-11-20;/h3,5-6,10-11,19H,2,4,7-9,12-18H2,1H3,(H2,23,24,25);1H. The Morgan fingerprint density at radius 1 is 1.17 bits per heavy atom. The highest BCUT2D eigenvalue weighted by Crippen LogP contribution is 2.19. The average molecular weight is 513 g/mol. The largest absolute Gasteiger partial charge is 0.369 e. The number of halogens is 1. The van der Waals surface area contributed by atoms with E-state index in [1.807, 2.05) is 4.90 Å². The van der Waals surface area contributed by atoms with Gasteiger partial charge in [0.05, 0.1) is 0 Å². The molecular formula is C22H36IN5O. The van der Waals surface area contributed by atoms with Crippen molar-refractivity contribution in [3.63, 3.8) is 0 Å². The van der Waals surface area contributed by atoms with Gasteiger partial charge in [0.1, 0.15) is 0 Å². The molecule has 6 nitrogen and oxygen atoms in total. The molecule has 1 amide bonds. The number of guanidine groups is 1. The van der Waals surface area contributed by atoms with Gasteiger partial charge < -0.3 is 20.4 Å². The zero-order chi connectivity index (χ0) is 19.6. The van der Waals surface area contributed by atoms with Gasteiger partial charge in [0.25, 0.3) is 0 Å². The van der Waals surface area contributed by atoms with E-state index >= 15 is 0 Å². The van der Waals surface area contributed by atoms with Gasteiger partial charge in [-0.25, -0.2) is 0 Å². The third-order valence-corrected chi connectivity index (χ3v) is 5.52. The Balaban J connectivity index is 0.00000300. The number of hydrogen-bond donors (Lipinski definition) is 2. The number of nitrogens with zero attached hydrogens (tertiary/aromatic N) is 3. The van der Waals surface area contributed by atoms with E-state index in [9.17, 15) is 4.79 Å². The summed E-state index contributed by atoms with van der Waals surface area (Å²) in [5, 5.41) is 6.95. The first-order valence-corrected chi connectivity index (χ1v) is 10.9. The number of likely N-dealkylation sites (tertiary alicyclic amines) is 1. The van der Waals surface area contributed by atoms with Gasteiger partial charge in [0, 0.05) is 57.4 Å². The SMILES string of the molecule is CCNC(=NCCCN1CCCCCC1=O)NC1CCN(c2ccccc2)C1.I. The molecule has 2 aliphatic rings. The third-order valence-electron chi connectivity index (χ3n) is 5.52. The smallest absolute Gasteiger partial charge is 0.222 e. The van der Waals surface area contributed by atoms with Crippen LogP contribution >= 0.6 is 24.0 Å². The normalized spacial score (nSPS) is 20.2. The number of rotatable bonds is 7. The number of hydrogen-bond acceptors (Lipinski definition) is 3. The van der Waals surface area contributed by atoms with Crippen LogP contribution < -0.4 is 15.5 Å². The van der Waals surface area contributed by atoms with E-state index in [2.05, 4.69) is 52.8 Å². The zero-order valence-electron chi connectivity index (χ0n) is 17.6. The van der Waals surface area contributed by atoms with E-state index < -0.39 is 0 Å². The van der Waals surface area contributed by atoms with Crippen LogP contribution in [-0.4, -0.2) is 62.1 Å². The van der Waals surface area contributed by atoms with Crippen LogP contribution in [0.4, 0.5) is 5.69 Å². The van der Waals surface area contributed by atoms with E-state index in [1.165, 1.54) is 12.1 Å². The molecule has 162 valence electrons. The number of nitrogens with one attached hydrogen (secondary N) is 2. The van der Waals surface area contributed by atoms with Crippen LogP contribution in [-0.2, 0) is 4.79 Å². The lowest BCUT2D eigenvalue weighted by Crippen LogP contribution is -2.44. The van der Waals surface area contributed by atoms with Gasteiger partial charge in [-0.2, -0.15) is 0 Å². The maximum atomic E-state index is 12.1. The molecule has 2 aliphatic heterocycles. The Bertz CT molecular complexity index is 639. The van der Waals surface area contributed by atoms with Crippen LogP contribution in [0.3, 0.4) is 0 Å². The van der Waals surface area contributed by atoms with Crippen LogP contribution in [0.5, 0.6) is 0 Å². The summed E-state index contributed by atoms with van der Waals surface area (Å²) in [5.74, 6) is 1.21. The van der Waals surface area contributed by atoms with Gasteiger partial charge in [-0.1, -0.05) is 24.6 Å². The first-order chi connectivity index (χ1) is 13.8. The number of carbonyl (C=O) groups excluding carboxylic acids is 1. The van der Waals surface area contributed by atoms with E-state index in [0.717, 1.165) is 70.9 Å². The summed E-state index contributed by atoms with van der Waals surface area (Å²) in [6, 6.07) is 11.0. The van der Waals surface area contributed by atoms with Crippen molar-refractivity contribution in [3.8, 4) is 0 Å². The zero-order valence-corrected chi connectivity index (χ0v) is 19.9. The average Bonchev–Trinajstić information content (AvgIpc) is 3.08. The number of amides is 1. The van der Waals surface area contributed by atoms with Crippen molar-refractivity contribution < 1.29 is 4.79 Å². The number of aliphatic imine (C=N–C) groups is 1. The molecule has 0 aliphatic carbocycles. The molecule has 0 saturated carbocycles. The van der Waals surface area contributed by atoms with Crippen LogP contribution in [0.2, 0.25) is 0 Å². The minimum absolute atomic E-state index is 0. The number of anilines is 1. The second kappa shape index (κ2) is 12.9. The lowest BCUT2D eigenvalue weighted by atomic mass is 10.2. The Labute approximate surface area is 192 Å². The van der Waals surface area contributed by atoms with Crippen LogP contribution in [0.25, 0.3) is 0 Å². The minimum atomic E-state index is 0. The molecule has 0 spiro atoms. The molecule has 2 fully saturated rings. The molecule has 2 N–H and O–H groups in total. The molecule has 1 atom stereocenters. The highest BCUT2D eigenvalue weighted by atomic mass is 127. The van der Waals surface area contributed by atoms with E-state index in [1.54, 1.807) is 0 Å². The van der Waals surface area contributed by atoms with Crippen molar-refractivity contribution >= 4 is 41.5 Å². The molecule has 7 heteroatoms. The van der Waals surface area contributed by atoms with Crippen molar-refractivity contribution in [1.29, 1.82) is 0 Å². The second-order valence-corrected chi connectivity index (χ2v) is 7.72. The van der Waals surface area contributed by atoms with Gasteiger partial charge >= 0.3 is 0 Å². The van der Waals surface area contributed by atoms with Gasteiger partial charge in [-0.15, -0.1) is 24.0 Å². The Hall–Kier alpha value is -1.51. The molecule has 2 heterocycles. The molecule has 0 bridgehead atoms. The van der Waals surface area contributed by atoms with Crippen molar-refractivity contribution in [2.45, 2.75) is 51.5 Å². The van der Waals surface area contributed by atoms with Gasteiger partial charge in [0.2, 0.25) is 5.91 Å².